The van der Waals surface area contributed by atoms with Crippen LogP contribution < -0.4 is 10.1 Å². The highest BCUT2D eigenvalue weighted by Gasteiger charge is 2.14. The summed E-state index contributed by atoms with van der Waals surface area (Å²) in [7, 11) is 1.67. The van der Waals surface area contributed by atoms with Gasteiger partial charge in [0.15, 0.2) is 11.3 Å². The number of hydrogen-bond acceptors (Lipinski definition) is 4. The Labute approximate surface area is 119 Å². The van der Waals surface area contributed by atoms with Crippen molar-refractivity contribution in [2.45, 2.75) is 19.4 Å². The van der Waals surface area contributed by atoms with E-state index in [1.807, 2.05) is 18.2 Å². The molecule has 1 aliphatic rings. The lowest BCUT2D eigenvalue weighted by atomic mass is 10.0. The second-order valence-corrected chi connectivity index (χ2v) is 5.28. The van der Waals surface area contributed by atoms with Crippen LogP contribution >= 0.6 is 0 Å². The van der Waals surface area contributed by atoms with Gasteiger partial charge in [0.1, 0.15) is 5.76 Å². The molecule has 4 heteroatoms. The number of ether oxygens (including phenoxy) is 2. The summed E-state index contributed by atoms with van der Waals surface area (Å²) in [5.41, 5.74) is 0.831. The monoisotopic (exact) mass is 275 g/mol. The maximum atomic E-state index is 5.87. The maximum absolute atomic E-state index is 5.87. The number of para-hydroxylation sites is 1. The fourth-order valence-electron chi connectivity index (χ4n) is 2.69. The molecule has 1 N–H and O–H groups in total. The van der Waals surface area contributed by atoms with Gasteiger partial charge in [-0.05, 0) is 37.4 Å². The highest BCUT2D eigenvalue weighted by atomic mass is 16.5. The minimum atomic E-state index is 0.725. The highest BCUT2D eigenvalue weighted by Crippen LogP contribution is 2.28. The summed E-state index contributed by atoms with van der Waals surface area (Å²) < 4.78 is 16.5. The lowest BCUT2D eigenvalue weighted by molar-refractivity contribution is 0.0661. The van der Waals surface area contributed by atoms with Gasteiger partial charge in [0.05, 0.1) is 13.7 Å². The van der Waals surface area contributed by atoms with E-state index >= 15 is 0 Å². The zero-order valence-corrected chi connectivity index (χ0v) is 11.9. The summed E-state index contributed by atoms with van der Waals surface area (Å²) in [6, 6.07) is 8.03. The fourth-order valence-corrected chi connectivity index (χ4v) is 2.69. The molecule has 2 heterocycles. The Hall–Kier alpha value is -1.52. The average Bonchev–Trinajstić information content (AvgIpc) is 2.91. The summed E-state index contributed by atoms with van der Waals surface area (Å²) in [4.78, 5) is 0. The molecular formula is C16H21NO3. The first-order valence-electron chi connectivity index (χ1n) is 7.20. The van der Waals surface area contributed by atoms with Crippen LogP contribution in [0.15, 0.2) is 28.7 Å². The van der Waals surface area contributed by atoms with Crippen LogP contribution in [0.5, 0.6) is 5.75 Å². The molecular weight excluding hydrogens is 254 g/mol. The number of methoxy groups -OCH3 is 1. The molecule has 108 valence electrons. The Balaban J connectivity index is 1.60. The Bertz CT molecular complexity index is 558. The Morgan fingerprint density at radius 2 is 2.15 bits per heavy atom. The second kappa shape index (κ2) is 6.29. The third-order valence-electron chi connectivity index (χ3n) is 3.85. The van der Waals surface area contributed by atoms with Crippen LogP contribution in [-0.2, 0) is 11.3 Å². The summed E-state index contributed by atoms with van der Waals surface area (Å²) in [6.45, 7) is 3.58. The first-order chi connectivity index (χ1) is 9.86. The first-order valence-corrected chi connectivity index (χ1v) is 7.20. The van der Waals surface area contributed by atoms with E-state index in [2.05, 4.69) is 11.4 Å². The van der Waals surface area contributed by atoms with Gasteiger partial charge in [0.25, 0.3) is 0 Å². The van der Waals surface area contributed by atoms with E-state index in [4.69, 9.17) is 13.9 Å². The van der Waals surface area contributed by atoms with Gasteiger partial charge in [0, 0.05) is 18.6 Å². The van der Waals surface area contributed by atoms with E-state index in [0.29, 0.717) is 0 Å². The largest absolute Gasteiger partial charge is 0.493 e. The number of nitrogens with one attached hydrogen (secondary N) is 1. The predicted molar refractivity (Wildman–Crippen MR) is 78.0 cm³/mol. The molecule has 0 radical (unpaired) electrons. The van der Waals surface area contributed by atoms with Crippen LogP contribution in [0.2, 0.25) is 0 Å². The van der Waals surface area contributed by atoms with Crippen molar-refractivity contribution in [3.8, 4) is 5.75 Å². The van der Waals surface area contributed by atoms with E-state index < -0.39 is 0 Å². The maximum Gasteiger partial charge on any atom is 0.176 e. The minimum absolute atomic E-state index is 0.725. The molecule has 4 nitrogen and oxygen atoms in total. The van der Waals surface area contributed by atoms with E-state index in [-0.39, 0.29) is 0 Å². The van der Waals surface area contributed by atoms with Crippen molar-refractivity contribution in [1.82, 2.24) is 5.32 Å². The molecule has 0 saturated carbocycles. The molecule has 0 unspecified atom stereocenters. The molecule has 20 heavy (non-hydrogen) atoms. The third-order valence-corrected chi connectivity index (χ3v) is 3.85. The smallest absolute Gasteiger partial charge is 0.176 e. The van der Waals surface area contributed by atoms with Gasteiger partial charge in [-0.2, -0.15) is 0 Å². The van der Waals surface area contributed by atoms with Gasteiger partial charge in [-0.1, -0.05) is 12.1 Å². The van der Waals surface area contributed by atoms with Crippen LogP contribution in [0.25, 0.3) is 11.0 Å². The number of benzene rings is 1. The number of furan rings is 1. The Morgan fingerprint density at radius 3 is 2.95 bits per heavy atom. The Kier molecular flexibility index (Phi) is 4.23. The van der Waals surface area contributed by atoms with Crippen molar-refractivity contribution in [3.05, 3.63) is 30.0 Å². The van der Waals surface area contributed by atoms with Crippen molar-refractivity contribution < 1.29 is 13.9 Å². The fraction of sp³-hybridized carbons (Fsp3) is 0.500. The zero-order chi connectivity index (χ0) is 13.8. The lowest BCUT2D eigenvalue weighted by Crippen LogP contribution is -2.27. The molecule has 0 bridgehead atoms. The predicted octanol–water partition coefficient (Wildman–Crippen LogP) is 2.96. The van der Waals surface area contributed by atoms with Gasteiger partial charge in [-0.25, -0.2) is 0 Å². The number of hydrogen-bond donors (Lipinski definition) is 1. The molecule has 1 aromatic carbocycles. The van der Waals surface area contributed by atoms with Gasteiger partial charge < -0.3 is 19.2 Å². The highest BCUT2D eigenvalue weighted by molar-refractivity contribution is 5.83. The second-order valence-electron chi connectivity index (χ2n) is 5.28. The van der Waals surface area contributed by atoms with Crippen LogP contribution in [0.3, 0.4) is 0 Å². The molecule has 0 amide bonds. The quantitative estimate of drug-likeness (QED) is 0.911. The van der Waals surface area contributed by atoms with Crippen molar-refractivity contribution in [2.24, 2.45) is 5.92 Å². The first kappa shape index (κ1) is 13.5. The van der Waals surface area contributed by atoms with Crippen molar-refractivity contribution in [1.29, 1.82) is 0 Å². The normalized spacial score (nSPS) is 16.6. The average molecular weight is 275 g/mol. The van der Waals surface area contributed by atoms with Crippen molar-refractivity contribution in [3.63, 3.8) is 0 Å². The van der Waals surface area contributed by atoms with Crippen LogP contribution in [0.4, 0.5) is 0 Å². The SMILES string of the molecule is COc1cccc2cc(CNCC3CCOCC3)oc12. The summed E-state index contributed by atoms with van der Waals surface area (Å²) in [5, 5.41) is 4.57. The molecule has 1 fully saturated rings. The molecule has 0 atom stereocenters. The summed E-state index contributed by atoms with van der Waals surface area (Å²) >= 11 is 0. The van der Waals surface area contributed by atoms with E-state index in [9.17, 15) is 0 Å². The summed E-state index contributed by atoms with van der Waals surface area (Å²) in [6.07, 6.45) is 2.31. The van der Waals surface area contributed by atoms with Crippen LogP contribution in [0.1, 0.15) is 18.6 Å². The molecule has 2 aromatic rings. The minimum Gasteiger partial charge on any atom is -0.493 e. The topological polar surface area (TPSA) is 43.6 Å². The molecule has 3 rings (SSSR count). The van der Waals surface area contributed by atoms with E-state index in [0.717, 1.165) is 67.5 Å². The van der Waals surface area contributed by atoms with Crippen molar-refractivity contribution in [2.75, 3.05) is 26.9 Å². The zero-order valence-electron chi connectivity index (χ0n) is 11.9. The van der Waals surface area contributed by atoms with E-state index in [1.165, 1.54) is 0 Å². The molecule has 1 saturated heterocycles. The van der Waals surface area contributed by atoms with Gasteiger partial charge >= 0.3 is 0 Å². The van der Waals surface area contributed by atoms with Crippen LogP contribution in [0, 0.1) is 5.92 Å². The number of rotatable bonds is 5. The lowest BCUT2D eigenvalue weighted by Gasteiger charge is -2.21. The van der Waals surface area contributed by atoms with Crippen LogP contribution in [-0.4, -0.2) is 26.9 Å². The molecule has 0 spiro atoms. The molecule has 0 aliphatic carbocycles. The van der Waals surface area contributed by atoms with Gasteiger partial charge in [-0.15, -0.1) is 0 Å². The van der Waals surface area contributed by atoms with Gasteiger partial charge in [-0.3, -0.25) is 0 Å². The Morgan fingerprint density at radius 1 is 1.30 bits per heavy atom. The number of fused-ring (bicyclic) bond motifs is 1. The van der Waals surface area contributed by atoms with Crippen molar-refractivity contribution >= 4 is 11.0 Å². The molecule has 1 aliphatic heterocycles. The van der Waals surface area contributed by atoms with E-state index in [1.54, 1.807) is 7.11 Å². The third kappa shape index (κ3) is 2.97. The van der Waals surface area contributed by atoms with Gasteiger partial charge in [0.2, 0.25) is 0 Å². The molecule has 1 aromatic heterocycles. The summed E-state index contributed by atoms with van der Waals surface area (Å²) in [5.74, 6) is 2.47. The standard InChI is InChI=1S/C16H21NO3/c1-18-15-4-2-3-13-9-14(20-16(13)15)11-17-10-12-5-7-19-8-6-12/h2-4,9,12,17H,5-8,10-11H2,1H3.